The second-order valence-corrected chi connectivity index (χ2v) is 4.94. The summed E-state index contributed by atoms with van der Waals surface area (Å²) in [6.45, 7) is 2.22. The van der Waals surface area contributed by atoms with Gasteiger partial charge >= 0.3 is 0 Å². The summed E-state index contributed by atoms with van der Waals surface area (Å²) < 4.78 is 5.19. The zero-order valence-electron chi connectivity index (χ0n) is 11.6. The highest BCUT2D eigenvalue weighted by atomic mass is 16.7. The van der Waals surface area contributed by atoms with Crippen LogP contribution in [0.3, 0.4) is 0 Å². The Morgan fingerprint density at radius 1 is 1.33 bits per heavy atom. The van der Waals surface area contributed by atoms with Crippen LogP contribution in [-0.2, 0) is 4.84 Å². The maximum atomic E-state index is 5.89. The number of rotatable bonds is 5. The molecule has 1 aromatic rings. The smallest absolute Gasteiger partial charge is 0.118 e. The highest BCUT2D eigenvalue weighted by Gasteiger charge is 2.31. The SMILES string of the molecule is CCCCC1CC(c2ccc(OC)cc2)N(C)O1. The molecule has 0 bridgehead atoms. The van der Waals surface area contributed by atoms with Crippen molar-refractivity contribution in [3.8, 4) is 5.75 Å². The van der Waals surface area contributed by atoms with Gasteiger partial charge in [-0.25, -0.2) is 0 Å². The van der Waals surface area contributed by atoms with Crippen molar-refractivity contribution in [3.05, 3.63) is 29.8 Å². The van der Waals surface area contributed by atoms with Crippen molar-refractivity contribution in [1.29, 1.82) is 0 Å². The lowest BCUT2D eigenvalue weighted by Gasteiger charge is -2.17. The lowest BCUT2D eigenvalue weighted by molar-refractivity contribution is -0.145. The number of benzene rings is 1. The predicted molar refractivity (Wildman–Crippen MR) is 72.5 cm³/mol. The fourth-order valence-corrected chi connectivity index (χ4v) is 2.52. The predicted octanol–water partition coefficient (Wildman–Crippen LogP) is 3.56. The Hall–Kier alpha value is -1.06. The minimum Gasteiger partial charge on any atom is -0.497 e. The molecule has 0 radical (unpaired) electrons. The minimum atomic E-state index is 0.373. The first kappa shape index (κ1) is 13.4. The van der Waals surface area contributed by atoms with Crippen molar-refractivity contribution < 1.29 is 9.57 Å². The van der Waals surface area contributed by atoms with Gasteiger partial charge in [0.1, 0.15) is 5.75 Å². The zero-order valence-corrected chi connectivity index (χ0v) is 11.6. The van der Waals surface area contributed by atoms with E-state index in [4.69, 9.17) is 9.57 Å². The lowest BCUT2D eigenvalue weighted by atomic mass is 9.99. The maximum Gasteiger partial charge on any atom is 0.118 e. The van der Waals surface area contributed by atoms with Crippen LogP contribution in [0.25, 0.3) is 0 Å². The Bertz CT molecular complexity index is 363. The monoisotopic (exact) mass is 249 g/mol. The summed E-state index contributed by atoms with van der Waals surface area (Å²) in [4.78, 5) is 5.89. The standard InChI is InChI=1S/C15H23NO2/c1-4-5-6-14-11-15(16(2)18-14)12-7-9-13(17-3)10-8-12/h7-10,14-15H,4-6,11H2,1-3H3. The average Bonchev–Trinajstić information content (AvgIpc) is 2.78. The molecule has 2 atom stereocenters. The summed E-state index contributed by atoms with van der Waals surface area (Å²) >= 11 is 0. The number of unbranched alkanes of at least 4 members (excludes halogenated alkanes) is 1. The number of nitrogens with zero attached hydrogens (tertiary/aromatic N) is 1. The van der Waals surface area contributed by atoms with Gasteiger partial charge in [-0.2, -0.15) is 5.06 Å². The molecule has 2 unspecified atom stereocenters. The van der Waals surface area contributed by atoms with Crippen molar-refractivity contribution in [2.75, 3.05) is 14.2 Å². The fraction of sp³-hybridized carbons (Fsp3) is 0.600. The maximum absolute atomic E-state index is 5.89. The van der Waals surface area contributed by atoms with Crippen LogP contribution in [0, 0.1) is 0 Å². The van der Waals surface area contributed by atoms with Crippen LogP contribution in [0.5, 0.6) is 5.75 Å². The number of hydrogen-bond acceptors (Lipinski definition) is 3. The van der Waals surface area contributed by atoms with E-state index in [9.17, 15) is 0 Å². The molecule has 1 aliphatic heterocycles. The van der Waals surface area contributed by atoms with Crippen LogP contribution in [0.1, 0.15) is 44.2 Å². The molecule has 1 fully saturated rings. The molecule has 0 aromatic heterocycles. The summed E-state index contributed by atoms with van der Waals surface area (Å²) in [6.07, 6.45) is 5.10. The highest BCUT2D eigenvalue weighted by Crippen LogP contribution is 2.35. The normalized spacial score (nSPS) is 24.4. The molecule has 0 spiro atoms. The van der Waals surface area contributed by atoms with Crippen molar-refractivity contribution in [1.82, 2.24) is 5.06 Å². The van der Waals surface area contributed by atoms with Crippen molar-refractivity contribution in [2.24, 2.45) is 0 Å². The van der Waals surface area contributed by atoms with Crippen LogP contribution in [0.4, 0.5) is 0 Å². The molecule has 1 saturated heterocycles. The van der Waals surface area contributed by atoms with Gasteiger partial charge in [0.05, 0.1) is 19.3 Å². The number of hydrogen-bond donors (Lipinski definition) is 0. The Morgan fingerprint density at radius 3 is 2.67 bits per heavy atom. The molecule has 100 valence electrons. The van der Waals surface area contributed by atoms with Gasteiger partial charge < -0.3 is 4.74 Å². The molecule has 3 heteroatoms. The van der Waals surface area contributed by atoms with E-state index in [1.807, 2.05) is 24.2 Å². The third kappa shape index (κ3) is 3.03. The fourth-order valence-electron chi connectivity index (χ4n) is 2.52. The van der Waals surface area contributed by atoms with Crippen LogP contribution in [0.15, 0.2) is 24.3 Å². The average molecular weight is 249 g/mol. The van der Waals surface area contributed by atoms with Gasteiger partial charge in [0.2, 0.25) is 0 Å². The molecule has 0 saturated carbocycles. The Kier molecular flexibility index (Phi) is 4.61. The third-order valence-corrected chi connectivity index (χ3v) is 3.62. The third-order valence-electron chi connectivity index (χ3n) is 3.62. The largest absolute Gasteiger partial charge is 0.497 e. The molecule has 0 amide bonds. The van der Waals surface area contributed by atoms with Gasteiger partial charge in [-0.05, 0) is 30.5 Å². The quantitative estimate of drug-likeness (QED) is 0.796. The van der Waals surface area contributed by atoms with E-state index in [1.165, 1.54) is 18.4 Å². The molecular weight excluding hydrogens is 226 g/mol. The first-order valence-electron chi connectivity index (χ1n) is 6.78. The van der Waals surface area contributed by atoms with Gasteiger partial charge in [0, 0.05) is 7.05 Å². The van der Waals surface area contributed by atoms with Crippen LogP contribution < -0.4 is 4.74 Å². The molecule has 1 aliphatic rings. The molecule has 3 nitrogen and oxygen atoms in total. The second kappa shape index (κ2) is 6.21. The molecular formula is C15H23NO2. The first-order chi connectivity index (χ1) is 8.74. The van der Waals surface area contributed by atoms with Crippen molar-refractivity contribution >= 4 is 0 Å². The molecule has 1 heterocycles. The molecule has 18 heavy (non-hydrogen) atoms. The van der Waals surface area contributed by atoms with Gasteiger partial charge in [0.25, 0.3) is 0 Å². The second-order valence-electron chi connectivity index (χ2n) is 4.94. The van der Waals surface area contributed by atoms with E-state index in [0.717, 1.165) is 18.6 Å². The molecule has 0 N–H and O–H groups in total. The molecule has 2 rings (SSSR count). The van der Waals surface area contributed by atoms with E-state index in [1.54, 1.807) is 7.11 Å². The van der Waals surface area contributed by atoms with Gasteiger partial charge in [0.15, 0.2) is 0 Å². The summed E-state index contributed by atoms with van der Waals surface area (Å²) in [5.74, 6) is 0.905. The molecule has 0 aliphatic carbocycles. The Balaban J connectivity index is 1.99. The zero-order chi connectivity index (χ0) is 13.0. The Morgan fingerprint density at radius 2 is 2.06 bits per heavy atom. The van der Waals surface area contributed by atoms with Crippen LogP contribution >= 0.6 is 0 Å². The summed E-state index contributed by atoms with van der Waals surface area (Å²) in [6, 6.07) is 8.67. The minimum absolute atomic E-state index is 0.373. The number of methoxy groups -OCH3 is 1. The number of hydroxylamine groups is 2. The lowest BCUT2D eigenvalue weighted by Crippen LogP contribution is -2.16. The summed E-state index contributed by atoms with van der Waals surface area (Å²) in [5.41, 5.74) is 1.30. The van der Waals surface area contributed by atoms with Gasteiger partial charge in [-0.15, -0.1) is 0 Å². The topological polar surface area (TPSA) is 21.7 Å². The number of ether oxygens (including phenoxy) is 1. The first-order valence-corrected chi connectivity index (χ1v) is 6.78. The Labute approximate surface area is 110 Å². The van der Waals surface area contributed by atoms with E-state index >= 15 is 0 Å². The van der Waals surface area contributed by atoms with Crippen LogP contribution in [0.2, 0.25) is 0 Å². The van der Waals surface area contributed by atoms with Crippen LogP contribution in [-0.4, -0.2) is 25.3 Å². The van der Waals surface area contributed by atoms with E-state index in [-0.39, 0.29) is 0 Å². The highest BCUT2D eigenvalue weighted by molar-refractivity contribution is 5.29. The van der Waals surface area contributed by atoms with E-state index < -0.39 is 0 Å². The molecule has 1 aromatic carbocycles. The van der Waals surface area contributed by atoms with E-state index in [2.05, 4.69) is 19.1 Å². The van der Waals surface area contributed by atoms with Crippen molar-refractivity contribution in [3.63, 3.8) is 0 Å². The summed E-state index contributed by atoms with van der Waals surface area (Å²) in [7, 11) is 3.72. The van der Waals surface area contributed by atoms with E-state index in [0.29, 0.717) is 12.1 Å². The summed E-state index contributed by atoms with van der Waals surface area (Å²) in [5, 5.41) is 2.00. The van der Waals surface area contributed by atoms with Gasteiger partial charge in [-0.3, -0.25) is 4.84 Å². The van der Waals surface area contributed by atoms with Gasteiger partial charge in [-0.1, -0.05) is 31.9 Å². The van der Waals surface area contributed by atoms with Crippen molar-refractivity contribution in [2.45, 2.75) is 44.8 Å².